The van der Waals surface area contributed by atoms with Crippen LogP contribution in [0.15, 0.2) is 88.6 Å². The molecule has 1 saturated heterocycles. The van der Waals surface area contributed by atoms with Crippen LogP contribution in [0.1, 0.15) is 28.9 Å². The second-order valence-electron chi connectivity index (χ2n) is 8.44. The molecule has 1 aliphatic heterocycles. The van der Waals surface area contributed by atoms with Gasteiger partial charge in [-0.2, -0.15) is 9.40 Å². The maximum absolute atomic E-state index is 13.3. The summed E-state index contributed by atoms with van der Waals surface area (Å²) >= 11 is 0. The van der Waals surface area contributed by atoms with Crippen LogP contribution in [-0.4, -0.2) is 41.5 Å². The number of hydrogen-bond donors (Lipinski definition) is 1. The summed E-state index contributed by atoms with van der Waals surface area (Å²) in [5, 5.41) is 7.97. The van der Waals surface area contributed by atoms with Crippen molar-refractivity contribution in [1.82, 2.24) is 14.1 Å². The zero-order valence-corrected chi connectivity index (χ0v) is 19.7. The van der Waals surface area contributed by atoms with Crippen LogP contribution in [0, 0.1) is 0 Å². The van der Waals surface area contributed by atoms with Gasteiger partial charge in [0.2, 0.25) is 10.0 Å². The summed E-state index contributed by atoms with van der Waals surface area (Å²) in [5.74, 6) is -0.529. The highest BCUT2D eigenvalue weighted by Crippen LogP contribution is 2.24. The monoisotopic (exact) mass is 488 g/mol. The van der Waals surface area contributed by atoms with Crippen LogP contribution in [0.3, 0.4) is 0 Å². The Bertz CT molecular complexity index is 1560. The van der Waals surface area contributed by atoms with Crippen molar-refractivity contribution in [2.75, 3.05) is 18.4 Å². The highest BCUT2D eigenvalue weighted by molar-refractivity contribution is 7.89. The number of amides is 1. The molecule has 1 N–H and O–H groups in total. The lowest BCUT2D eigenvalue weighted by Crippen LogP contribution is -2.28. The SMILES string of the molecule is O=C(Nc1cccc(S(=O)(=O)N2CCCC2)c1)c1nn(Cc2ccccc2)c(=O)c2ccccc12. The molecular formula is C26H24N4O4S. The van der Waals surface area contributed by atoms with E-state index in [-0.39, 0.29) is 22.7 Å². The minimum absolute atomic E-state index is 0.0870. The zero-order chi connectivity index (χ0) is 24.4. The van der Waals surface area contributed by atoms with Gasteiger partial charge in [-0.15, -0.1) is 0 Å². The fourth-order valence-corrected chi connectivity index (χ4v) is 5.83. The number of fused-ring (bicyclic) bond motifs is 1. The van der Waals surface area contributed by atoms with Gasteiger partial charge >= 0.3 is 0 Å². The van der Waals surface area contributed by atoms with Crippen LogP contribution in [0.4, 0.5) is 5.69 Å². The van der Waals surface area contributed by atoms with Gasteiger partial charge in [-0.1, -0.05) is 54.6 Å². The molecule has 9 heteroatoms. The fraction of sp³-hybridized carbons (Fsp3) is 0.192. The average molecular weight is 489 g/mol. The molecule has 1 fully saturated rings. The first-order valence-corrected chi connectivity index (χ1v) is 12.8. The van der Waals surface area contributed by atoms with Crippen LogP contribution in [-0.2, 0) is 16.6 Å². The molecule has 178 valence electrons. The van der Waals surface area contributed by atoms with Crippen LogP contribution in [0.25, 0.3) is 10.8 Å². The first-order chi connectivity index (χ1) is 16.9. The van der Waals surface area contributed by atoms with E-state index >= 15 is 0 Å². The summed E-state index contributed by atoms with van der Waals surface area (Å²) in [6.45, 7) is 1.21. The number of benzene rings is 3. The number of nitrogens with one attached hydrogen (secondary N) is 1. The molecule has 35 heavy (non-hydrogen) atoms. The van der Waals surface area contributed by atoms with Crippen molar-refractivity contribution in [3.8, 4) is 0 Å². The molecule has 0 unspecified atom stereocenters. The van der Waals surface area contributed by atoms with E-state index in [0.29, 0.717) is 29.5 Å². The third-order valence-corrected chi connectivity index (χ3v) is 7.95. The van der Waals surface area contributed by atoms with E-state index in [9.17, 15) is 18.0 Å². The second kappa shape index (κ2) is 9.44. The first kappa shape index (κ1) is 22.9. The summed E-state index contributed by atoms with van der Waals surface area (Å²) in [4.78, 5) is 26.5. The van der Waals surface area contributed by atoms with Gasteiger partial charge in [0.05, 0.1) is 16.8 Å². The van der Waals surface area contributed by atoms with Crippen LogP contribution in [0.2, 0.25) is 0 Å². The molecule has 0 spiro atoms. The van der Waals surface area contributed by atoms with Crippen molar-refractivity contribution in [3.63, 3.8) is 0 Å². The van der Waals surface area contributed by atoms with Gasteiger partial charge in [0, 0.05) is 24.2 Å². The van der Waals surface area contributed by atoms with E-state index < -0.39 is 15.9 Å². The smallest absolute Gasteiger partial charge is 0.276 e. The number of carbonyl (C=O) groups is 1. The van der Waals surface area contributed by atoms with Gasteiger partial charge in [0.1, 0.15) is 0 Å². The van der Waals surface area contributed by atoms with Crippen molar-refractivity contribution in [2.45, 2.75) is 24.3 Å². The maximum Gasteiger partial charge on any atom is 0.276 e. The Morgan fingerprint density at radius 1 is 0.886 bits per heavy atom. The maximum atomic E-state index is 13.3. The van der Waals surface area contributed by atoms with E-state index in [1.807, 2.05) is 30.3 Å². The number of hydrogen-bond acceptors (Lipinski definition) is 5. The Hall–Kier alpha value is -3.82. The minimum Gasteiger partial charge on any atom is -0.321 e. The fourth-order valence-electron chi connectivity index (χ4n) is 4.27. The van der Waals surface area contributed by atoms with Gasteiger partial charge in [-0.05, 0) is 42.7 Å². The van der Waals surface area contributed by atoms with Crippen molar-refractivity contribution >= 4 is 32.4 Å². The Morgan fingerprint density at radius 3 is 2.31 bits per heavy atom. The van der Waals surface area contributed by atoms with Gasteiger partial charge < -0.3 is 5.32 Å². The zero-order valence-electron chi connectivity index (χ0n) is 18.9. The summed E-state index contributed by atoms with van der Waals surface area (Å²) in [7, 11) is -3.62. The van der Waals surface area contributed by atoms with Gasteiger partial charge in [-0.3, -0.25) is 9.59 Å². The van der Waals surface area contributed by atoms with E-state index in [2.05, 4.69) is 10.4 Å². The van der Waals surface area contributed by atoms with Crippen LogP contribution >= 0.6 is 0 Å². The van der Waals surface area contributed by atoms with Gasteiger partial charge in [0.25, 0.3) is 11.5 Å². The largest absolute Gasteiger partial charge is 0.321 e. The highest BCUT2D eigenvalue weighted by Gasteiger charge is 2.27. The molecule has 1 amide bonds. The molecule has 0 bridgehead atoms. The van der Waals surface area contributed by atoms with Gasteiger partial charge in [-0.25, -0.2) is 13.1 Å². The van der Waals surface area contributed by atoms with E-state index in [0.717, 1.165) is 18.4 Å². The lowest BCUT2D eigenvalue weighted by molar-refractivity contribution is 0.102. The quantitative estimate of drug-likeness (QED) is 0.448. The number of anilines is 1. The molecule has 8 nitrogen and oxygen atoms in total. The third-order valence-electron chi connectivity index (χ3n) is 6.05. The van der Waals surface area contributed by atoms with Crippen molar-refractivity contribution < 1.29 is 13.2 Å². The molecule has 3 aromatic carbocycles. The number of rotatable bonds is 6. The Balaban J connectivity index is 1.50. The average Bonchev–Trinajstić information content (AvgIpc) is 3.43. The predicted octanol–water partition coefficient (Wildman–Crippen LogP) is 3.48. The number of carbonyl (C=O) groups excluding carboxylic acids is 1. The normalized spacial score (nSPS) is 14.3. The second-order valence-corrected chi connectivity index (χ2v) is 10.4. The summed E-state index contributed by atoms with van der Waals surface area (Å²) in [6, 6.07) is 22.4. The first-order valence-electron chi connectivity index (χ1n) is 11.4. The predicted molar refractivity (Wildman–Crippen MR) is 134 cm³/mol. The molecule has 5 rings (SSSR count). The molecule has 1 aliphatic rings. The van der Waals surface area contributed by atoms with Crippen LogP contribution < -0.4 is 10.9 Å². The summed E-state index contributed by atoms with van der Waals surface area (Å²) in [5.41, 5.74) is 1.01. The van der Waals surface area contributed by atoms with Crippen molar-refractivity contribution in [3.05, 3.63) is 100 Å². The van der Waals surface area contributed by atoms with Gasteiger partial charge in [0.15, 0.2) is 5.69 Å². The topological polar surface area (TPSA) is 101 Å². The standard InChI is InChI=1S/C26H24N4O4S/c31-25(27-20-11-8-12-21(17-20)35(33,34)29-15-6-7-16-29)24-22-13-4-5-14-23(22)26(32)30(28-24)18-19-9-2-1-3-10-19/h1-5,8-14,17H,6-7,15-16,18H2,(H,27,31). The van der Waals surface area contributed by atoms with Crippen LogP contribution in [0.5, 0.6) is 0 Å². The molecule has 0 saturated carbocycles. The number of aromatic nitrogens is 2. The Kier molecular flexibility index (Phi) is 6.19. The lowest BCUT2D eigenvalue weighted by Gasteiger charge is -2.16. The number of sulfonamides is 1. The molecule has 2 heterocycles. The van der Waals surface area contributed by atoms with E-state index in [4.69, 9.17) is 0 Å². The number of nitrogens with zero attached hydrogens (tertiary/aromatic N) is 3. The summed E-state index contributed by atoms with van der Waals surface area (Å²) in [6.07, 6.45) is 1.68. The van der Waals surface area contributed by atoms with Crippen molar-refractivity contribution in [2.24, 2.45) is 0 Å². The lowest BCUT2D eigenvalue weighted by atomic mass is 10.1. The van der Waals surface area contributed by atoms with Crippen molar-refractivity contribution in [1.29, 1.82) is 0 Å². The van der Waals surface area contributed by atoms with E-state index in [1.54, 1.807) is 36.4 Å². The Morgan fingerprint density at radius 2 is 1.57 bits per heavy atom. The van der Waals surface area contributed by atoms with E-state index in [1.165, 1.54) is 21.1 Å². The Labute approximate surface area is 202 Å². The summed E-state index contributed by atoms with van der Waals surface area (Å²) < 4.78 is 28.6. The third kappa shape index (κ3) is 4.60. The molecule has 0 radical (unpaired) electrons. The molecule has 0 atom stereocenters. The molecular weight excluding hydrogens is 464 g/mol. The highest BCUT2D eigenvalue weighted by atomic mass is 32.2. The minimum atomic E-state index is -3.62. The molecule has 1 aromatic heterocycles. The molecule has 4 aromatic rings. The molecule has 0 aliphatic carbocycles.